The van der Waals surface area contributed by atoms with Gasteiger partial charge in [-0.25, -0.2) is 0 Å². The number of carbonyl (C=O) groups is 2. The van der Waals surface area contributed by atoms with Crippen molar-refractivity contribution in [3.63, 3.8) is 0 Å². The number of hydrogen-bond donors (Lipinski definition) is 5. The molecule has 312 valence electrons. The molecule has 5 atom stereocenters. The molecule has 0 spiro atoms. The number of aromatic nitrogens is 3. The highest BCUT2D eigenvalue weighted by Gasteiger charge is 2.47. The molecule has 0 amide bonds. The van der Waals surface area contributed by atoms with Crippen LogP contribution < -0.4 is 26.6 Å². The molecule has 3 aromatic rings. The molecular formula is C49H66N4O5. The number of aliphatic hydroxyl groups excluding tert-OH is 1. The van der Waals surface area contributed by atoms with Crippen molar-refractivity contribution in [2.45, 2.75) is 126 Å². The topological polar surface area (TPSA) is 132 Å². The Morgan fingerprint density at radius 1 is 0.931 bits per heavy atom. The lowest BCUT2D eigenvalue weighted by atomic mass is 9.80. The molecule has 8 bridgehead atoms. The maximum atomic E-state index is 13.6. The van der Waals surface area contributed by atoms with Crippen LogP contribution in [0.25, 0.3) is 35.6 Å². The number of methoxy groups -OCH3 is 1. The van der Waals surface area contributed by atoms with Crippen molar-refractivity contribution < 1.29 is 24.2 Å². The maximum absolute atomic E-state index is 13.6. The van der Waals surface area contributed by atoms with Gasteiger partial charge in [-0.2, -0.15) is 0 Å². The van der Waals surface area contributed by atoms with E-state index in [9.17, 15) is 14.7 Å². The minimum Gasteiger partial charge on any atom is -0.510 e. The molecule has 1 unspecified atom stereocenters. The molecule has 1 saturated heterocycles. The molecule has 6 rings (SSSR count). The number of hydrogen-bond acceptors (Lipinski definition) is 6. The maximum Gasteiger partial charge on any atom is 0.320 e. The SMILES string of the molecule is C=Cc1c2[nH]c(c1C)/C=C1\NC(C3=c4[nH]c(c(C)c4=C(O)[C@@H]3C(=O)OC)/C=c3\[nH]/c(c(C)c3CC)=C\2)[C@@H](CCC(=O)OC/C=C(\C)CCC[C@H](C)CCCCC)[C@@H]1C. The summed E-state index contributed by atoms with van der Waals surface area (Å²) in [5.74, 6) is -1.17. The Morgan fingerprint density at radius 3 is 2.36 bits per heavy atom. The van der Waals surface area contributed by atoms with Gasteiger partial charge in [0.05, 0.1) is 18.5 Å². The van der Waals surface area contributed by atoms with Gasteiger partial charge in [0.15, 0.2) is 0 Å². The van der Waals surface area contributed by atoms with E-state index in [2.05, 4.69) is 93.5 Å². The number of aliphatic hydroxyl groups is 1. The summed E-state index contributed by atoms with van der Waals surface area (Å²) in [7, 11) is 1.36. The Morgan fingerprint density at radius 2 is 1.66 bits per heavy atom. The van der Waals surface area contributed by atoms with Gasteiger partial charge in [0, 0.05) is 56.6 Å². The first kappa shape index (κ1) is 42.7. The summed E-state index contributed by atoms with van der Waals surface area (Å²) in [6, 6.07) is -0.391. The first-order valence-corrected chi connectivity index (χ1v) is 21.6. The van der Waals surface area contributed by atoms with E-state index in [0.29, 0.717) is 11.6 Å². The monoisotopic (exact) mass is 791 g/mol. The van der Waals surface area contributed by atoms with Crippen LogP contribution in [0.5, 0.6) is 0 Å². The summed E-state index contributed by atoms with van der Waals surface area (Å²) in [6.07, 6.45) is 20.5. The predicted molar refractivity (Wildman–Crippen MR) is 235 cm³/mol. The van der Waals surface area contributed by atoms with Crippen molar-refractivity contribution in [3.05, 3.63) is 90.1 Å². The summed E-state index contributed by atoms with van der Waals surface area (Å²) in [4.78, 5) is 38.0. The fourth-order valence-electron chi connectivity index (χ4n) is 9.63. The van der Waals surface area contributed by atoms with E-state index in [1.807, 2.05) is 19.1 Å². The molecule has 2 aliphatic heterocycles. The number of aromatic amines is 3. The summed E-state index contributed by atoms with van der Waals surface area (Å²) in [5.41, 5.74) is 11.1. The van der Waals surface area contributed by atoms with Gasteiger partial charge in [-0.15, -0.1) is 0 Å². The lowest BCUT2D eigenvalue weighted by molar-refractivity contribution is -0.143. The Hall–Kier alpha value is -4.92. The Labute approximate surface area is 344 Å². The van der Waals surface area contributed by atoms with E-state index in [1.54, 1.807) is 0 Å². The lowest BCUT2D eigenvalue weighted by Gasteiger charge is -2.26. The number of unbranched alkanes of at least 4 members (excludes halogenated alkanes) is 2. The first-order chi connectivity index (χ1) is 27.8. The Balaban J connectivity index is 1.35. The normalized spacial score (nSPS) is 22.4. The molecule has 5 heterocycles. The number of rotatable bonds is 16. The summed E-state index contributed by atoms with van der Waals surface area (Å²) >= 11 is 0. The fourth-order valence-corrected chi connectivity index (χ4v) is 9.63. The molecular weight excluding hydrogens is 725 g/mol. The third kappa shape index (κ3) is 8.46. The van der Waals surface area contributed by atoms with Gasteiger partial charge in [0.2, 0.25) is 0 Å². The molecule has 9 heteroatoms. The molecule has 3 aliphatic rings. The quantitative estimate of drug-likeness (QED) is 0.0588. The van der Waals surface area contributed by atoms with Crippen molar-refractivity contribution in [1.29, 1.82) is 0 Å². The average molecular weight is 791 g/mol. The predicted octanol–water partition coefficient (Wildman–Crippen LogP) is 7.31. The number of allylic oxidation sites excluding steroid dienone is 2. The Bertz CT molecular complexity index is 2360. The van der Waals surface area contributed by atoms with Crippen LogP contribution in [0.3, 0.4) is 0 Å². The van der Waals surface area contributed by atoms with Crippen molar-refractivity contribution in [3.8, 4) is 0 Å². The van der Waals surface area contributed by atoms with Crippen LogP contribution in [0, 0.1) is 44.4 Å². The summed E-state index contributed by atoms with van der Waals surface area (Å²) in [5, 5.41) is 19.1. The number of ether oxygens (including phenoxy) is 2. The molecule has 1 aliphatic carbocycles. The number of esters is 2. The van der Waals surface area contributed by atoms with Crippen LogP contribution >= 0.6 is 0 Å². The van der Waals surface area contributed by atoms with Gasteiger partial charge in [-0.3, -0.25) is 9.59 Å². The molecule has 5 N–H and O–H groups in total. The summed E-state index contributed by atoms with van der Waals surface area (Å²) < 4.78 is 11.1. The second kappa shape index (κ2) is 18.3. The second-order valence-corrected chi connectivity index (χ2v) is 17.0. The molecule has 0 saturated carbocycles. The standard InChI is InChI=1S/C49H66N4O5/c1-11-14-15-17-27(4)18-16-19-28(5)22-23-58-42(54)21-20-35-31(8)38-24-36-29(6)33(12-2)40(50-36)25-37-30(7)34(13-3)41(51-37)26-39-32(9)43-47(53-39)44(46(35)52-38)45(48(43)55)49(56)57-10/h12,22,24-27,31,35,45-46,50-53,55H,2,11,13-21,23H2,1,3-10H3/b28-22+,37-25-,38-24-,41-26-/t27-,31+,35+,45-,46?/m1/s1. The van der Waals surface area contributed by atoms with E-state index >= 15 is 0 Å². The molecule has 0 aromatic carbocycles. The van der Waals surface area contributed by atoms with Gasteiger partial charge in [0.1, 0.15) is 18.3 Å². The van der Waals surface area contributed by atoms with Crippen molar-refractivity contribution >= 4 is 47.6 Å². The number of carbonyl (C=O) groups excluding carboxylic acids is 2. The van der Waals surface area contributed by atoms with Crippen molar-refractivity contribution in [2.24, 2.45) is 23.7 Å². The number of H-pyrrole nitrogens is 3. The van der Waals surface area contributed by atoms with Gasteiger partial charge in [-0.05, 0) is 117 Å². The first-order valence-electron chi connectivity index (χ1n) is 21.6. The molecule has 9 nitrogen and oxygen atoms in total. The van der Waals surface area contributed by atoms with E-state index in [0.717, 1.165) is 86.3 Å². The zero-order valence-corrected chi connectivity index (χ0v) is 36.3. The Kier molecular flexibility index (Phi) is 13.5. The third-order valence-corrected chi connectivity index (χ3v) is 13.3. The highest BCUT2D eigenvalue weighted by atomic mass is 16.5. The zero-order chi connectivity index (χ0) is 41.8. The fraction of sp³-hybridized carbons (Fsp3) is 0.510. The van der Waals surface area contributed by atoms with E-state index in [1.165, 1.54) is 55.9 Å². The second-order valence-electron chi connectivity index (χ2n) is 17.0. The van der Waals surface area contributed by atoms with Gasteiger partial charge in [0.25, 0.3) is 0 Å². The lowest BCUT2D eigenvalue weighted by Crippen LogP contribution is -2.38. The van der Waals surface area contributed by atoms with Crippen molar-refractivity contribution in [1.82, 2.24) is 20.3 Å². The van der Waals surface area contributed by atoms with Crippen LogP contribution in [-0.2, 0) is 25.5 Å². The van der Waals surface area contributed by atoms with Crippen LogP contribution in [0.4, 0.5) is 0 Å². The van der Waals surface area contributed by atoms with Crippen LogP contribution in [0.2, 0.25) is 0 Å². The molecule has 58 heavy (non-hydrogen) atoms. The zero-order valence-electron chi connectivity index (χ0n) is 36.3. The largest absolute Gasteiger partial charge is 0.510 e. The van der Waals surface area contributed by atoms with E-state index in [4.69, 9.17) is 9.47 Å². The average Bonchev–Trinajstić information content (AvgIpc) is 3.94. The number of fused-ring (bicyclic) bond motifs is 8. The molecule has 0 radical (unpaired) electrons. The molecule has 3 aromatic heterocycles. The highest BCUT2D eigenvalue weighted by molar-refractivity contribution is 5.95. The van der Waals surface area contributed by atoms with Gasteiger partial charge >= 0.3 is 11.9 Å². The van der Waals surface area contributed by atoms with Crippen LogP contribution in [0.1, 0.15) is 137 Å². The van der Waals surface area contributed by atoms with Crippen molar-refractivity contribution in [2.75, 3.05) is 13.7 Å². The highest BCUT2D eigenvalue weighted by Crippen LogP contribution is 2.42. The van der Waals surface area contributed by atoms with E-state index in [-0.39, 0.29) is 36.6 Å². The van der Waals surface area contributed by atoms with Crippen LogP contribution in [0.15, 0.2) is 23.9 Å². The summed E-state index contributed by atoms with van der Waals surface area (Å²) in [6.45, 7) is 21.7. The van der Waals surface area contributed by atoms with Gasteiger partial charge < -0.3 is 34.8 Å². The minimum absolute atomic E-state index is 0.0163. The smallest absolute Gasteiger partial charge is 0.320 e. The minimum atomic E-state index is -0.991. The van der Waals surface area contributed by atoms with Crippen LogP contribution in [-0.4, -0.2) is 51.8 Å². The van der Waals surface area contributed by atoms with E-state index < -0.39 is 17.9 Å². The third-order valence-electron chi connectivity index (χ3n) is 13.3. The molecule has 1 fully saturated rings. The van der Waals surface area contributed by atoms with Gasteiger partial charge in [-0.1, -0.05) is 78.0 Å². The number of nitrogens with one attached hydrogen (secondary N) is 4.